The van der Waals surface area contributed by atoms with Crippen molar-refractivity contribution >= 4 is 5.97 Å². The molecule has 2 rings (SSSR count). The number of rotatable bonds is 4. The van der Waals surface area contributed by atoms with Crippen LogP contribution in [0.1, 0.15) is 32.6 Å². The average Bonchev–Trinajstić information content (AvgIpc) is 2.75. The molecule has 0 amide bonds. The number of esters is 1. The Morgan fingerprint density at radius 2 is 1.20 bits per heavy atom. The highest BCUT2D eigenvalue weighted by Crippen LogP contribution is 2.30. The van der Waals surface area contributed by atoms with Crippen LogP contribution in [0, 0.1) is 48.8 Å². The number of hydrogen-bond donors (Lipinski definition) is 2. The molecule has 0 heterocycles. The summed E-state index contributed by atoms with van der Waals surface area (Å²) in [5.41, 5.74) is -3.08. The Hall–Kier alpha value is -2.79. The molecule has 166 valence electrons. The lowest BCUT2D eigenvalue weighted by atomic mass is 10.0. The first kappa shape index (κ1) is 25.2. The van der Waals surface area contributed by atoms with Gasteiger partial charge in [0.1, 0.15) is 11.4 Å². The smallest absolute Gasteiger partial charge is 0.341 e. The van der Waals surface area contributed by atoms with E-state index in [2.05, 4.69) is 9.47 Å². The van der Waals surface area contributed by atoms with Crippen LogP contribution in [0.5, 0.6) is 5.75 Å². The minimum absolute atomic E-state index is 0.455. The van der Waals surface area contributed by atoms with Crippen LogP contribution in [0.3, 0.4) is 0 Å². The highest BCUT2D eigenvalue weighted by atomic mass is 19.2. The van der Waals surface area contributed by atoms with Crippen LogP contribution in [0.4, 0.5) is 26.3 Å². The minimum Gasteiger partial charge on any atom is -0.493 e. The molecule has 0 aliphatic heterocycles. The molecule has 2 N–H and O–H groups in total. The maximum atomic E-state index is 13.4. The molecule has 30 heavy (non-hydrogen) atoms. The van der Waals surface area contributed by atoms with Crippen molar-refractivity contribution in [2.75, 3.05) is 14.2 Å². The number of ether oxygens (including phenoxy) is 2. The molecule has 0 aliphatic carbocycles. The molecule has 11 heteroatoms. The quantitative estimate of drug-likeness (QED) is 0.432. The van der Waals surface area contributed by atoms with Gasteiger partial charge in [0.25, 0.3) is 0 Å². The molecule has 0 saturated carbocycles. The number of carbonyl (C=O) groups is 1. The number of benzene rings is 2. The van der Waals surface area contributed by atoms with Crippen LogP contribution in [-0.2, 0) is 18.0 Å². The molecule has 2 aromatic rings. The van der Waals surface area contributed by atoms with Gasteiger partial charge in [-0.05, 0) is 13.8 Å². The Morgan fingerprint density at radius 3 is 1.63 bits per heavy atom. The Morgan fingerprint density at radius 1 is 0.733 bits per heavy atom. The Labute approximate surface area is 167 Å². The van der Waals surface area contributed by atoms with E-state index < -0.39 is 87.7 Å². The van der Waals surface area contributed by atoms with Crippen molar-refractivity contribution in [1.29, 1.82) is 0 Å². The Kier molecular flexibility index (Phi) is 8.67. The first-order valence-corrected chi connectivity index (χ1v) is 8.15. The minimum atomic E-state index is -1.52. The number of halogens is 6. The van der Waals surface area contributed by atoms with Crippen molar-refractivity contribution in [3.8, 4) is 5.75 Å². The van der Waals surface area contributed by atoms with Gasteiger partial charge in [0.15, 0.2) is 34.8 Å². The first-order valence-electron chi connectivity index (χ1n) is 8.15. The fraction of sp³-hybridized carbons (Fsp3) is 0.316. The van der Waals surface area contributed by atoms with Gasteiger partial charge in [-0.1, -0.05) is 0 Å². The van der Waals surface area contributed by atoms with Gasteiger partial charge in [-0.2, -0.15) is 0 Å². The summed E-state index contributed by atoms with van der Waals surface area (Å²) in [5.74, 6) is -9.39. The Bertz CT molecular complexity index is 927. The van der Waals surface area contributed by atoms with Crippen LogP contribution in [-0.4, -0.2) is 30.4 Å². The van der Waals surface area contributed by atoms with E-state index in [1.807, 2.05) is 0 Å². The van der Waals surface area contributed by atoms with Gasteiger partial charge in [-0.15, -0.1) is 0 Å². The second-order valence-corrected chi connectivity index (χ2v) is 5.81. The molecular weight excluding hydrogens is 422 g/mol. The third-order valence-electron chi connectivity index (χ3n) is 4.14. The van der Waals surface area contributed by atoms with E-state index in [1.54, 1.807) is 0 Å². The molecule has 0 aliphatic rings. The summed E-state index contributed by atoms with van der Waals surface area (Å²) in [6.45, 7) is 0.364. The van der Waals surface area contributed by atoms with Crippen molar-refractivity contribution in [1.82, 2.24) is 0 Å². The van der Waals surface area contributed by atoms with E-state index in [0.717, 1.165) is 28.1 Å². The summed E-state index contributed by atoms with van der Waals surface area (Å²) >= 11 is 0. The van der Waals surface area contributed by atoms with Gasteiger partial charge in [0, 0.05) is 16.7 Å². The predicted molar refractivity (Wildman–Crippen MR) is 91.8 cm³/mol. The molecule has 0 fully saturated rings. The third-order valence-corrected chi connectivity index (χ3v) is 4.14. The van der Waals surface area contributed by atoms with Crippen molar-refractivity contribution in [2.45, 2.75) is 27.1 Å². The van der Waals surface area contributed by atoms with E-state index in [1.165, 1.54) is 0 Å². The molecule has 0 unspecified atom stereocenters. The van der Waals surface area contributed by atoms with Gasteiger partial charge in [-0.3, -0.25) is 0 Å². The monoisotopic (exact) mass is 440 g/mol. The van der Waals surface area contributed by atoms with E-state index in [9.17, 15) is 31.1 Å². The van der Waals surface area contributed by atoms with Crippen molar-refractivity contribution in [3.05, 3.63) is 62.7 Å². The van der Waals surface area contributed by atoms with E-state index in [0.29, 0.717) is 0 Å². The molecule has 0 saturated heterocycles. The number of aliphatic hydroxyl groups excluding tert-OH is 2. The standard InChI is InChI=1S/C10H9F3O3.C9H9F3O2/c1-4-7(11)5(3-14)6(10(15)16-2)9(13)8(4)12;1-4-6(10)8(12)5(3-13)9(14-2)7(4)11/h14H,3H2,1-2H3;13H,3H2,1-2H3. The van der Waals surface area contributed by atoms with Crippen LogP contribution >= 0.6 is 0 Å². The summed E-state index contributed by atoms with van der Waals surface area (Å²) in [5, 5.41) is 17.6. The predicted octanol–water partition coefficient (Wildman–Crippen LogP) is 3.60. The molecule has 2 aromatic carbocycles. The van der Waals surface area contributed by atoms with E-state index >= 15 is 0 Å². The van der Waals surface area contributed by atoms with Gasteiger partial charge in [-0.25, -0.2) is 31.1 Å². The topological polar surface area (TPSA) is 76.0 Å². The van der Waals surface area contributed by atoms with Gasteiger partial charge >= 0.3 is 5.97 Å². The van der Waals surface area contributed by atoms with Gasteiger partial charge in [0.2, 0.25) is 0 Å². The molecular formula is C19H18F6O5. The summed E-state index contributed by atoms with van der Waals surface area (Å²) < 4.78 is 88.0. The van der Waals surface area contributed by atoms with E-state index in [4.69, 9.17) is 10.2 Å². The number of carbonyl (C=O) groups excluding carboxylic acids is 1. The van der Waals surface area contributed by atoms with Crippen molar-refractivity contribution < 1.29 is 50.8 Å². The van der Waals surface area contributed by atoms with Crippen LogP contribution < -0.4 is 4.74 Å². The largest absolute Gasteiger partial charge is 0.493 e. The lowest BCUT2D eigenvalue weighted by Gasteiger charge is -2.11. The second-order valence-electron chi connectivity index (χ2n) is 5.81. The SMILES string of the molecule is COC(=O)c1c(F)c(F)c(C)c(F)c1CO.COc1c(F)c(C)c(F)c(F)c1CO. The first-order chi connectivity index (χ1) is 14.0. The fourth-order valence-electron chi connectivity index (χ4n) is 2.45. The van der Waals surface area contributed by atoms with Gasteiger partial charge < -0.3 is 19.7 Å². The zero-order valence-corrected chi connectivity index (χ0v) is 16.3. The summed E-state index contributed by atoms with van der Waals surface area (Å²) in [6.07, 6.45) is 0. The molecule has 5 nitrogen and oxygen atoms in total. The molecule has 0 bridgehead atoms. The highest BCUT2D eigenvalue weighted by Gasteiger charge is 2.27. The average molecular weight is 440 g/mol. The molecule has 0 atom stereocenters. The zero-order chi connectivity index (χ0) is 23.3. The lowest BCUT2D eigenvalue weighted by molar-refractivity contribution is 0.0589. The summed E-state index contributed by atoms with van der Waals surface area (Å²) in [6, 6.07) is 0. The lowest BCUT2D eigenvalue weighted by Crippen LogP contribution is -2.14. The van der Waals surface area contributed by atoms with Crippen LogP contribution in [0.25, 0.3) is 0 Å². The van der Waals surface area contributed by atoms with E-state index in [-0.39, 0.29) is 0 Å². The highest BCUT2D eigenvalue weighted by molar-refractivity contribution is 5.91. The molecule has 0 aromatic heterocycles. The van der Waals surface area contributed by atoms with Crippen LogP contribution in [0.15, 0.2) is 0 Å². The third kappa shape index (κ3) is 4.51. The number of hydrogen-bond acceptors (Lipinski definition) is 5. The van der Waals surface area contributed by atoms with Crippen molar-refractivity contribution in [3.63, 3.8) is 0 Å². The fourth-order valence-corrected chi connectivity index (χ4v) is 2.45. The summed E-state index contributed by atoms with van der Waals surface area (Å²) in [7, 11) is 2.06. The number of methoxy groups -OCH3 is 2. The number of aliphatic hydroxyl groups is 2. The second kappa shape index (κ2) is 10.3. The maximum absolute atomic E-state index is 13.4. The van der Waals surface area contributed by atoms with Crippen LogP contribution in [0.2, 0.25) is 0 Å². The molecule has 0 radical (unpaired) electrons. The zero-order valence-electron chi connectivity index (χ0n) is 16.3. The van der Waals surface area contributed by atoms with Crippen molar-refractivity contribution in [2.24, 2.45) is 0 Å². The molecule has 0 spiro atoms. The van der Waals surface area contributed by atoms with Gasteiger partial charge in [0.05, 0.1) is 33.0 Å². The summed E-state index contributed by atoms with van der Waals surface area (Å²) in [4.78, 5) is 11.1. The Balaban J connectivity index is 0.000000303. The normalized spacial score (nSPS) is 10.4. The maximum Gasteiger partial charge on any atom is 0.341 e.